The molecule has 0 unspecified atom stereocenters. The molecule has 1 aliphatic rings. The van der Waals surface area contributed by atoms with Gasteiger partial charge in [0.05, 0.1) is 5.56 Å². The number of rotatable bonds is 4. The van der Waals surface area contributed by atoms with Crippen LogP contribution in [0.15, 0.2) is 48.5 Å². The minimum Gasteiger partial charge on any atom is -0.371 e. The van der Waals surface area contributed by atoms with E-state index in [-0.39, 0.29) is 11.8 Å². The van der Waals surface area contributed by atoms with E-state index >= 15 is 0 Å². The van der Waals surface area contributed by atoms with Gasteiger partial charge in [0.2, 0.25) is 0 Å². The maximum Gasteiger partial charge on any atom is 0.416 e. The van der Waals surface area contributed by atoms with Crippen molar-refractivity contribution in [1.82, 2.24) is 4.90 Å². The van der Waals surface area contributed by atoms with Gasteiger partial charge in [-0.3, -0.25) is 0 Å². The van der Waals surface area contributed by atoms with Gasteiger partial charge in [-0.1, -0.05) is 0 Å². The molecule has 0 aromatic heterocycles. The average molecular weight is 444 g/mol. The smallest absolute Gasteiger partial charge is 0.371 e. The summed E-state index contributed by atoms with van der Waals surface area (Å²) in [4.78, 5) is 15.9. The summed E-state index contributed by atoms with van der Waals surface area (Å²) in [5.41, 5.74) is 0.394. The first-order chi connectivity index (χ1) is 14.0. The van der Waals surface area contributed by atoms with Crippen LogP contribution in [-0.2, 0) is 16.5 Å². The van der Waals surface area contributed by atoms with Gasteiger partial charge < -0.3 is 19.3 Å². The Bertz CT molecular complexity index is 988. The molecule has 0 saturated carbocycles. The molecule has 3 rings (SSSR count). The van der Waals surface area contributed by atoms with Crippen LogP contribution in [0.3, 0.4) is 0 Å². The van der Waals surface area contributed by atoms with Gasteiger partial charge in [-0.2, -0.15) is 26.7 Å². The second kappa shape index (κ2) is 8.40. The molecule has 2 aromatic carbocycles. The molecule has 2 aromatic rings. The van der Waals surface area contributed by atoms with E-state index in [2.05, 4.69) is 9.50 Å². The third-order valence-corrected chi connectivity index (χ3v) is 4.87. The van der Waals surface area contributed by atoms with Crippen LogP contribution in [-0.4, -0.2) is 45.5 Å². The molecule has 0 atom stereocenters. The summed E-state index contributed by atoms with van der Waals surface area (Å²) in [5.74, 6) is 0.0145. The molecule has 30 heavy (non-hydrogen) atoms. The van der Waals surface area contributed by atoms with Gasteiger partial charge in [0.25, 0.3) is 0 Å². The number of hydrogen-bond donors (Lipinski definition) is 2. The quantitative estimate of drug-likeness (QED) is 0.755. The highest BCUT2D eigenvalue weighted by molar-refractivity contribution is 7.84. The van der Waals surface area contributed by atoms with Crippen LogP contribution < -0.4 is 19.5 Å². The summed E-state index contributed by atoms with van der Waals surface area (Å²) in [6.07, 6.45) is -4.38. The summed E-state index contributed by atoms with van der Waals surface area (Å²) in [7, 11) is -4.12. The number of carbonyl (C=O) groups is 1. The first-order valence-electron chi connectivity index (χ1n) is 8.82. The van der Waals surface area contributed by atoms with E-state index in [1.807, 2.05) is 4.90 Å². The van der Waals surface area contributed by atoms with Crippen molar-refractivity contribution in [2.24, 2.45) is 5.14 Å². The van der Waals surface area contributed by atoms with Gasteiger partial charge in [-0.15, -0.1) is 0 Å². The Morgan fingerprint density at radius 3 is 2.03 bits per heavy atom. The number of halogens is 3. The molecule has 0 aliphatic carbocycles. The van der Waals surface area contributed by atoms with Crippen molar-refractivity contribution in [3.8, 4) is 5.75 Å². The predicted octanol–water partition coefficient (Wildman–Crippen LogP) is 2.64. The SMILES string of the molecule is NS(=O)(=O)Oc1ccc(NC(=O)N2CCN(c3ccc(C(F)(F)F)cc3)CC2)cc1. The van der Waals surface area contributed by atoms with Crippen molar-refractivity contribution in [3.05, 3.63) is 54.1 Å². The lowest BCUT2D eigenvalue weighted by Gasteiger charge is -2.36. The summed E-state index contributed by atoms with van der Waals surface area (Å²) in [6, 6.07) is 10.2. The molecule has 12 heteroatoms. The number of nitrogens with zero attached hydrogens (tertiary/aromatic N) is 2. The molecule has 1 saturated heterocycles. The van der Waals surface area contributed by atoms with Crippen LogP contribution in [0, 0.1) is 0 Å². The largest absolute Gasteiger partial charge is 0.416 e. The van der Waals surface area contributed by atoms with Crippen LogP contribution in [0.5, 0.6) is 5.75 Å². The molecule has 1 heterocycles. The fourth-order valence-corrected chi connectivity index (χ4v) is 3.34. The number of benzene rings is 2. The Labute approximate surface area is 171 Å². The fourth-order valence-electron chi connectivity index (χ4n) is 2.96. The van der Waals surface area contributed by atoms with E-state index in [0.717, 1.165) is 12.1 Å². The lowest BCUT2D eigenvalue weighted by Crippen LogP contribution is -2.50. The highest BCUT2D eigenvalue weighted by Gasteiger charge is 2.30. The van der Waals surface area contributed by atoms with Gasteiger partial charge >= 0.3 is 22.5 Å². The maximum absolute atomic E-state index is 12.7. The summed E-state index contributed by atoms with van der Waals surface area (Å²) in [6.45, 7) is 1.72. The molecule has 162 valence electrons. The summed E-state index contributed by atoms with van der Waals surface area (Å²) < 4.78 is 64.3. The van der Waals surface area contributed by atoms with Crippen molar-refractivity contribution >= 4 is 27.7 Å². The minimum atomic E-state index is -4.38. The van der Waals surface area contributed by atoms with E-state index < -0.39 is 22.0 Å². The Kier molecular flexibility index (Phi) is 6.08. The van der Waals surface area contributed by atoms with Gasteiger partial charge in [0.15, 0.2) is 0 Å². The van der Waals surface area contributed by atoms with Crippen LogP contribution >= 0.6 is 0 Å². The summed E-state index contributed by atoms with van der Waals surface area (Å²) >= 11 is 0. The van der Waals surface area contributed by atoms with Crippen molar-refractivity contribution in [2.75, 3.05) is 36.4 Å². The van der Waals surface area contributed by atoms with E-state index in [0.29, 0.717) is 37.6 Å². The second-order valence-electron chi connectivity index (χ2n) is 6.55. The Balaban J connectivity index is 1.53. The highest BCUT2D eigenvalue weighted by atomic mass is 32.2. The number of anilines is 2. The van der Waals surface area contributed by atoms with Crippen molar-refractivity contribution in [2.45, 2.75) is 6.18 Å². The highest BCUT2D eigenvalue weighted by Crippen LogP contribution is 2.30. The molecule has 1 fully saturated rings. The number of nitrogens with one attached hydrogen (secondary N) is 1. The molecule has 0 bridgehead atoms. The zero-order chi connectivity index (χ0) is 21.9. The number of alkyl halides is 3. The number of piperazine rings is 1. The Morgan fingerprint density at radius 2 is 1.53 bits per heavy atom. The van der Waals surface area contributed by atoms with Gasteiger partial charge in [-0.05, 0) is 48.5 Å². The van der Waals surface area contributed by atoms with Crippen LogP contribution in [0.25, 0.3) is 0 Å². The van der Waals surface area contributed by atoms with Crippen LogP contribution in [0.4, 0.5) is 29.3 Å². The van der Waals surface area contributed by atoms with E-state index in [9.17, 15) is 26.4 Å². The van der Waals surface area contributed by atoms with Crippen LogP contribution in [0.2, 0.25) is 0 Å². The molecular weight excluding hydrogens is 425 g/mol. The maximum atomic E-state index is 12.7. The average Bonchev–Trinajstić information content (AvgIpc) is 2.68. The standard InChI is InChI=1S/C18H19F3N4O4S/c19-18(20,21)13-1-5-15(6-2-13)24-9-11-25(12-10-24)17(26)23-14-3-7-16(8-4-14)29-30(22,27)28/h1-8H,9-12H2,(H,23,26)(H2,22,27,28). The zero-order valence-corrected chi connectivity index (χ0v) is 16.4. The van der Waals surface area contributed by atoms with E-state index in [4.69, 9.17) is 5.14 Å². The monoisotopic (exact) mass is 444 g/mol. The molecule has 3 N–H and O–H groups in total. The first kappa shape index (κ1) is 21.7. The lowest BCUT2D eigenvalue weighted by atomic mass is 10.1. The fraction of sp³-hybridized carbons (Fsp3) is 0.278. The minimum absolute atomic E-state index is 0.0145. The lowest BCUT2D eigenvalue weighted by molar-refractivity contribution is -0.137. The number of carbonyl (C=O) groups excluding carboxylic acids is 1. The molecule has 1 aliphatic heterocycles. The molecule has 0 radical (unpaired) electrons. The number of urea groups is 1. The third-order valence-electron chi connectivity index (χ3n) is 4.44. The molecule has 2 amide bonds. The normalized spacial score (nSPS) is 15.1. The van der Waals surface area contributed by atoms with Crippen molar-refractivity contribution in [1.29, 1.82) is 0 Å². The molecule has 0 spiro atoms. The van der Waals surface area contributed by atoms with Crippen LogP contribution in [0.1, 0.15) is 5.56 Å². The predicted molar refractivity (Wildman–Crippen MR) is 104 cm³/mol. The Morgan fingerprint density at radius 1 is 0.967 bits per heavy atom. The van der Waals surface area contributed by atoms with E-state index in [1.54, 1.807) is 4.90 Å². The first-order valence-corrected chi connectivity index (χ1v) is 10.3. The van der Waals surface area contributed by atoms with Gasteiger partial charge in [0, 0.05) is 37.6 Å². The number of nitrogens with two attached hydrogens (primary N) is 1. The van der Waals surface area contributed by atoms with Crippen molar-refractivity contribution in [3.63, 3.8) is 0 Å². The van der Waals surface area contributed by atoms with Crippen molar-refractivity contribution < 1.29 is 30.6 Å². The number of amides is 2. The van der Waals surface area contributed by atoms with E-state index in [1.165, 1.54) is 36.4 Å². The topological polar surface area (TPSA) is 105 Å². The Hall–Kier alpha value is -2.99. The second-order valence-corrected chi connectivity index (χ2v) is 7.70. The van der Waals surface area contributed by atoms with Gasteiger partial charge in [-0.25, -0.2) is 4.79 Å². The summed E-state index contributed by atoms with van der Waals surface area (Å²) in [5, 5.41) is 7.47. The zero-order valence-electron chi connectivity index (χ0n) is 15.6. The third kappa shape index (κ3) is 5.76. The molecule has 8 nitrogen and oxygen atoms in total. The van der Waals surface area contributed by atoms with Gasteiger partial charge in [0.1, 0.15) is 5.75 Å². The number of hydrogen-bond acceptors (Lipinski definition) is 5. The molecular formula is C18H19F3N4O4S.